The van der Waals surface area contributed by atoms with Crippen LogP contribution in [-0.4, -0.2) is 15.3 Å². The number of benzene rings is 1. The second-order valence-corrected chi connectivity index (χ2v) is 7.95. The first-order chi connectivity index (χ1) is 12.0. The molecule has 0 radical (unpaired) electrons. The van der Waals surface area contributed by atoms with Crippen molar-refractivity contribution >= 4 is 62.3 Å². The van der Waals surface area contributed by atoms with Crippen LogP contribution in [0, 0.1) is 16.7 Å². The third kappa shape index (κ3) is 2.60. The van der Waals surface area contributed by atoms with Crippen LogP contribution in [0.2, 0.25) is 0 Å². The number of nitrogens with zero attached hydrogens (tertiary/aromatic N) is 1. The molecule has 0 unspecified atom stereocenters. The maximum Gasteiger partial charge on any atom is 0.269 e. The molecule has 3 aromatic heterocycles. The summed E-state index contributed by atoms with van der Waals surface area (Å²) in [6.45, 7) is 1.64. The highest BCUT2D eigenvalue weighted by molar-refractivity contribution is 7.73. The van der Waals surface area contributed by atoms with Gasteiger partial charge in [0.05, 0.1) is 5.52 Å². The van der Waals surface area contributed by atoms with Gasteiger partial charge in [-0.15, -0.1) is 11.3 Å². The molecule has 0 saturated heterocycles. The molecule has 0 atom stereocenters. The first kappa shape index (κ1) is 16.1. The summed E-state index contributed by atoms with van der Waals surface area (Å²) in [5, 5.41) is 4.44. The molecule has 1 amide bonds. The number of rotatable bonds is 2. The minimum atomic E-state index is -0.452. The zero-order valence-electron chi connectivity index (χ0n) is 12.8. The van der Waals surface area contributed by atoms with Gasteiger partial charge in [0.1, 0.15) is 21.0 Å². The van der Waals surface area contributed by atoms with Gasteiger partial charge in [-0.2, -0.15) is 0 Å². The first-order valence-corrected chi connectivity index (χ1v) is 9.28. The summed E-state index contributed by atoms with van der Waals surface area (Å²) in [5.74, 6) is -0.854. The van der Waals surface area contributed by atoms with Crippen LogP contribution in [0.5, 0.6) is 0 Å². The lowest BCUT2D eigenvalue weighted by Gasteiger charge is -2.05. The molecule has 2 N–H and O–H groups in total. The number of anilines is 1. The van der Waals surface area contributed by atoms with Gasteiger partial charge in [0.2, 0.25) is 0 Å². The van der Waals surface area contributed by atoms with Crippen LogP contribution in [-0.2, 0) is 0 Å². The van der Waals surface area contributed by atoms with E-state index in [4.69, 9.17) is 12.2 Å². The molecule has 0 fully saturated rings. The molecule has 126 valence electrons. The first-order valence-electron chi connectivity index (χ1n) is 7.18. The van der Waals surface area contributed by atoms with Crippen molar-refractivity contribution in [3.05, 3.63) is 60.2 Å². The highest BCUT2D eigenvalue weighted by atomic mass is 32.1. The van der Waals surface area contributed by atoms with Crippen LogP contribution in [0.1, 0.15) is 15.2 Å². The number of carbonyl (C=O) groups is 1. The summed E-state index contributed by atoms with van der Waals surface area (Å²) in [6, 6.07) is 6.25. The maximum absolute atomic E-state index is 13.7. The van der Waals surface area contributed by atoms with Gasteiger partial charge in [-0.1, -0.05) is 17.4 Å². The summed E-state index contributed by atoms with van der Waals surface area (Å²) >= 11 is 7.77. The Kier molecular flexibility index (Phi) is 3.78. The average Bonchev–Trinajstić information content (AvgIpc) is 3.16. The Morgan fingerprint density at radius 3 is 2.92 bits per heavy atom. The Morgan fingerprint density at radius 1 is 1.36 bits per heavy atom. The summed E-state index contributed by atoms with van der Waals surface area (Å²) in [7, 11) is 0. The van der Waals surface area contributed by atoms with Crippen molar-refractivity contribution in [2.75, 3.05) is 5.32 Å². The zero-order valence-corrected chi connectivity index (χ0v) is 15.2. The number of hydrogen-bond acceptors (Lipinski definition) is 5. The number of aryl methyl sites for hydroxylation is 1. The van der Waals surface area contributed by atoms with Crippen LogP contribution in [0.15, 0.2) is 34.4 Å². The largest absolute Gasteiger partial charge is 0.321 e. The number of thiophene rings is 1. The number of aromatic amines is 1. The van der Waals surface area contributed by atoms with E-state index in [1.54, 1.807) is 34.9 Å². The van der Waals surface area contributed by atoms with E-state index in [0.717, 1.165) is 11.3 Å². The fourth-order valence-electron chi connectivity index (χ4n) is 2.53. The number of halogens is 1. The summed E-state index contributed by atoms with van der Waals surface area (Å²) in [5.41, 5.74) is 1.58. The minimum Gasteiger partial charge on any atom is -0.321 e. The van der Waals surface area contributed by atoms with Gasteiger partial charge < -0.3 is 10.3 Å². The predicted octanol–water partition coefficient (Wildman–Crippen LogP) is 4.33. The van der Waals surface area contributed by atoms with Gasteiger partial charge >= 0.3 is 0 Å². The molecule has 25 heavy (non-hydrogen) atoms. The van der Waals surface area contributed by atoms with Crippen LogP contribution in [0.3, 0.4) is 0 Å². The fourth-order valence-corrected chi connectivity index (χ4v) is 4.58. The van der Waals surface area contributed by atoms with Crippen molar-refractivity contribution in [1.82, 2.24) is 9.38 Å². The molecule has 9 heteroatoms. The van der Waals surface area contributed by atoms with Crippen molar-refractivity contribution in [2.24, 2.45) is 0 Å². The number of thiazole rings is 1. The van der Waals surface area contributed by atoms with Crippen LogP contribution in [0.25, 0.3) is 15.9 Å². The lowest BCUT2D eigenvalue weighted by molar-refractivity contribution is 0.103. The lowest BCUT2D eigenvalue weighted by atomic mass is 10.2. The van der Waals surface area contributed by atoms with Gasteiger partial charge in [0.15, 0.2) is 3.95 Å². The maximum atomic E-state index is 13.7. The number of aromatic nitrogens is 2. The molecule has 0 saturated carbocycles. The van der Waals surface area contributed by atoms with Crippen LogP contribution >= 0.6 is 34.9 Å². The third-order valence-corrected chi connectivity index (χ3v) is 6.05. The molecule has 0 aliphatic carbocycles. The Hall–Kier alpha value is -2.36. The minimum absolute atomic E-state index is 0.270. The number of H-pyrrole nitrogens is 1. The standard InChI is InChI=1S/C16H10FN3O2S3/c1-7-2-3-8(6-9(7)17)18-15(22)12-13-19-14(21)11-10(4-5-24-11)20(13)16(23)25-12/h2-6H,1H3,(H,18,22)(H,19,21). The fraction of sp³-hybridized carbons (Fsp3) is 0.0625. The highest BCUT2D eigenvalue weighted by Gasteiger charge is 2.18. The molecule has 1 aromatic carbocycles. The Bertz CT molecular complexity index is 1270. The van der Waals surface area contributed by atoms with Gasteiger partial charge in [0, 0.05) is 5.69 Å². The van der Waals surface area contributed by atoms with Crippen molar-refractivity contribution in [1.29, 1.82) is 0 Å². The lowest BCUT2D eigenvalue weighted by Crippen LogP contribution is -2.14. The predicted molar refractivity (Wildman–Crippen MR) is 101 cm³/mol. The molecular formula is C16H10FN3O2S3. The molecule has 0 bridgehead atoms. The van der Waals surface area contributed by atoms with Crippen LogP contribution in [0.4, 0.5) is 10.1 Å². The van der Waals surface area contributed by atoms with E-state index in [-0.39, 0.29) is 10.4 Å². The summed E-state index contributed by atoms with van der Waals surface area (Å²) < 4.78 is 16.3. The monoisotopic (exact) mass is 391 g/mol. The van der Waals surface area contributed by atoms with Gasteiger partial charge in [-0.25, -0.2) is 4.39 Å². The third-order valence-electron chi connectivity index (χ3n) is 3.77. The average molecular weight is 391 g/mol. The quantitative estimate of drug-likeness (QED) is 0.500. The van der Waals surface area contributed by atoms with Crippen molar-refractivity contribution in [3.8, 4) is 0 Å². The summed E-state index contributed by atoms with van der Waals surface area (Å²) in [6.07, 6.45) is 0. The van der Waals surface area contributed by atoms with Gasteiger partial charge in [0.25, 0.3) is 11.5 Å². The summed E-state index contributed by atoms with van der Waals surface area (Å²) in [4.78, 5) is 27.8. The van der Waals surface area contributed by atoms with Crippen LogP contribution < -0.4 is 10.9 Å². The number of fused-ring (bicyclic) bond motifs is 3. The van der Waals surface area contributed by atoms with Crippen molar-refractivity contribution in [2.45, 2.75) is 6.92 Å². The number of carbonyl (C=O) groups excluding carboxylic acids is 1. The van der Waals surface area contributed by atoms with Gasteiger partial charge in [-0.3, -0.25) is 14.0 Å². The van der Waals surface area contributed by atoms with Gasteiger partial charge in [-0.05, 0) is 48.3 Å². The topological polar surface area (TPSA) is 66.4 Å². The van der Waals surface area contributed by atoms with E-state index >= 15 is 0 Å². The van der Waals surface area contributed by atoms with E-state index in [1.807, 2.05) is 0 Å². The highest BCUT2D eigenvalue weighted by Crippen LogP contribution is 2.25. The Balaban J connectivity index is 1.85. The zero-order chi connectivity index (χ0) is 17.7. The molecule has 4 rings (SSSR count). The normalized spacial score (nSPS) is 11.3. The Labute approximate surface area is 153 Å². The van der Waals surface area contributed by atoms with Crippen molar-refractivity contribution < 1.29 is 9.18 Å². The molecule has 0 spiro atoms. The molecule has 5 nitrogen and oxygen atoms in total. The molecule has 3 heterocycles. The molecular weight excluding hydrogens is 381 g/mol. The van der Waals surface area contributed by atoms with E-state index in [2.05, 4.69) is 10.3 Å². The SMILES string of the molecule is Cc1ccc(NC(=O)c2sc(=S)n3c2[nH]c(=O)c2sccc23)cc1F. The second-order valence-electron chi connectivity index (χ2n) is 5.39. The molecule has 0 aliphatic heterocycles. The Morgan fingerprint density at radius 2 is 2.16 bits per heavy atom. The number of amides is 1. The molecule has 4 aromatic rings. The smallest absolute Gasteiger partial charge is 0.269 e. The molecule has 0 aliphatic rings. The van der Waals surface area contributed by atoms with E-state index in [1.165, 1.54) is 17.4 Å². The number of hydrogen-bond donors (Lipinski definition) is 2. The van der Waals surface area contributed by atoms with E-state index in [9.17, 15) is 14.0 Å². The van der Waals surface area contributed by atoms with E-state index < -0.39 is 11.7 Å². The number of nitrogens with one attached hydrogen (secondary N) is 2. The van der Waals surface area contributed by atoms with E-state index in [0.29, 0.717) is 31.1 Å². The van der Waals surface area contributed by atoms with Crippen molar-refractivity contribution in [3.63, 3.8) is 0 Å². The second kappa shape index (κ2) is 5.87.